The van der Waals surface area contributed by atoms with Gasteiger partial charge < -0.3 is 20.3 Å². The number of benzene rings is 2. The lowest BCUT2D eigenvalue weighted by molar-refractivity contribution is -0.127. The molecule has 164 valence electrons. The molecule has 1 saturated carbocycles. The highest BCUT2D eigenvalue weighted by Crippen LogP contribution is 2.49. The topological polar surface area (TPSA) is 66.0 Å². The highest BCUT2D eigenvalue weighted by molar-refractivity contribution is 6.31. The first-order chi connectivity index (χ1) is 15.0. The van der Waals surface area contributed by atoms with E-state index in [2.05, 4.69) is 27.8 Å². The number of halogens is 1. The molecule has 1 unspecified atom stereocenters. The molecule has 0 saturated heterocycles. The average Bonchev–Trinajstić information content (AvgIpc) is 3.56. The molecular weight excluding hydrogens is 412 g/mol. The summed E-state index contributed by atoms with van der Waals surface area (Å²) in [6.07, 6.45) is 2.98. The van der Waals surface area contributed by atoms with Crippen molar-refractivity contribution in [1.82, 2.24) is 15.5 Å². The van der Waals surface area contributed by atoms with Crippen LogP contribution in [0, 0.1) is 0 Å². The van der Waals surface area contributed by atoms with E-state index in [1.165, 1.54) is 5.56 Å². The number of nitrogens with zero attached hydrogens (tertiary/aromatic N) is 2. The van der Waals surface area contributed by atoms with Gasteiger partial charge in [0.1, 0.15) is 12.3 Å². The van der Waals surface area contributed by atoms with Crippen LogP contribution in [-0.4, -0.2) is 50.6 Å². The third-order valence-corrected chi connectivity index (χ3v) is 6.36. The van der Waals surface area contributed by atoms with E-state index in [1.807, 2.05) is 36.4 Å². The fraction of sp³-hybridized carbons (Fsp3) is 0.417. The van der Waals surface area contributed by atoms with E-state index in [0.29, 0.717) is 19.1 Å². The van der Waals surface area contributed by atoms with E-state index >= 15 is 0 Å². The van der Waals surface area contributed by atoms with E-state index in [1.54, 1.807) is 19.0 Å². The van der Waals surface area contributed by atoms with E-state index in [-0.39, 0.29) is 23.9 Å². The number of para-hydroxylation sites is 1. The molecule has 2 aliphatic rings. The first kappa shape index (κ1) is 21.5. The Balaban J connectivity index is 1.51. The van der Waals surface area contributed by atoms with Crippen molar-refractivity contribution in [2.24, 2.45) is 4.99 Å². The zero-order valence-corrected chi connectivity index (χ0v) is 18.8. The Morgan fingerprint density at radius 2 is 1.94 bits per heavy atom. The van der Waals surface area contributed by atoms with Gasteiger partial charge in [-0.3, -0.25) is 4.79 Å². The Bertz CT molecular complexity index is 972. The van der Waals surface area contributed by atoms with E-state index in [0.717, 1.165) is 35.6 Å². The maximum Gasteiger partial charge on any atom is 0.243 e. The molecule has 4 rings (SSSR count). The third-order valence-electron chi connectivity index (χ3n) is 6.03. The molecule has 6 nitrogen and oxygen atoms in total. The van der Waals surface area contributed by atoms with Crippen molar-refractivity contribution in [1.29, 1.82) is 0 Å². The molecule has 1 amide bonds. The van der Waals surface area contributed by atoms with Crippen LogP contribution < -0.4 is 15.4 Å². The second-order valence-electron chi connectivity index (χ2n) is 8.44. The summed E-state index contributed by atoms with van der Waals surface area (Å²) in [4.78, 5) is 18.3. The quantitative estimate of drug-likeness (QED) is 0.532. The lowest BCUT2D eigenvalue weighted by Crippen LogP contribution is -2.44. The summed E-state index contributed by atoms with van der Waals surface area (Å²) in [5, 5.41) is 7.82. The van der Waals surface area contributed by atoms with Crippen molar-refractivity contribution in [3.05, 3.63) is 64.7 Å². The van der Waals surface area contributed by atoms with E-state index in [9.17, 15) is 4.79 Å². The lowest BCUT2D eigenvalue weighted by atomic mass is 9.96. The maximum atomic E-state index is 12.1. The molecule has 1 atom stereocenters. The number of hydrogen-bond donors (Lipinski definition) is 2. The van der Waals surface area contributed by atoms with Gasteiger partial charge in [-0.05, 0) is 30.5 Å². The van der Waals surface area contributed by atoms with Gasteiger partial charge in [-0.15, -0.1) is 0 Å². The first-order valence-electron chi connectivity index (χ1n) is 10.7. The maximum absolute atomic E-state index is 12.1. The second-order valence-corrected chi connectivity index (χ2v) is 8.85. The largest absolute Gasteiger partial charge is 0.493 e. The number of hydrogen-bond acceptors (Lipinski definition) is 3. The molecule has 7 heteroatoms. The first-order valence-corrected chi connectivity index (χ1v) is 11.1. The zero-order valence-electron chi connectivity index (χ0n) is 18.0. The van der Waals surface area contributed by atoms with Gasteiger partial charge in [-0.25, -0.2) is 4.99 Å². The minimum atomic E-state index is -0.0410. The fourth-order valence-corrected chi connectivity index (χ4v) is 4.27. The van der Waals surface area contributed by atoms with Gasteiger partial charge in [-0.1, -0.05) is 48.0 Å². The number of nitrogens with one attached hydrogen (secondary N) is 2. The summed E-state index contributed by atoms with van der Waals surface area (Å²) in [5.41, 5.74) is 2.29. The third kappa shape index (κ3) is 4.96. The zero-order chi connectivity index (χ0) is 21.8. The van der Waals surface area contributed by atoms with Crippen molar-refractivity contribution >= 4 is 23.5 Å². The Morgan fingerprint density at radius 1 is 1.19 bits per heavy atom. The molecule has 2 aromatic rings. The summed E-state index contributed by atoms with van der Waals surface area (Å²) < 4.78 is 5.78. The minimum absolute atomic E-state index is 0.0138. The molecule has 0 spiro atoms. The highest BCUT2D eigenvalue weighted by Gasteiger charge is 2.45. The number of aliphatic imine (C=N–C) groups is 1. The molecular formula is C24H29ClN4O2. The van der Waals surface area contributed by atoms with Crippen LogP contribution >= 0.6 is 11.6 Å². The highest BCUT2D eigenvalue weighted by atomic mass is 35.5. The van der Waals surface area contributed by atoms with Crippen LogP contribution in [0.5, 0.6) is 5.75 Å². The summed E-state index contributed by atoms with van der Waals surface area (Å²) >= 11 is 6.48. The Morgan fingerprint density at radius 3 is 2.68 bits per heavy atom. The van der Waals surface area contributed by atoms with Gasteiger partial charge in [0.05, 0.1) is 12.6 Å². The molecule has 1 heterocycles. The van der Waals surface area contributed by atoms with Crippen LogP contribution in [0.2, 0.25) is 5.02 Å². The number of ether oxygens (including phenoxy) is 1. The van der Waals surface area contributed by atoms with Gasteiger partial charge in [-0.2, -0.15) is 0 Å². The molecule has 0 radical (unpaired) electrons. The van der Waals surface area contributed by atoms with Crippen molar-refractivity contribution in [2.75, 3.05) is 33.8 Å². The second kappa shape index (κ2) is 9.18. The van der Waals surface area contributed by atoms with Crippen LogP contribution in [0.3, 0.4) is 0 Å². The molecule has 0 aromatic heterocycles. The van der Waals surface area contributed by atoms with Crippen LogP contribution in [0.4, 0.5) is 0 Å². The molecule has 1 aliphatic carbocycles. The van der Waals surface area contributed by atoms with Crippen molar-refractivity contribution < 1.29 is 9.53 Å². The van der Waals surface area contributed by atoms with Gasteiger partial charge in [0.15, 0.2) is 5.96 Å². The normalized spacial score (nSPS) is 19.1. The number of rotatable bonds is 6. The van der Waals surface area contributed by atoms with Crippen LogP contribution in [0.1, 0.15) is 36.4 Å². The summed E-state index contributed by atoms with van der Waals surface area (Å²) in [5.74, 6) is 1.49. The van der Waals surface area contributed by atoms with E-state index < -0.39 is 0 Å². The van der Waals surface area contributed by atoms with Gasteiger partial charge in [0.2, 0.25) is 5.91 Å². The Hall–Kier alpha value is -2.73. The summed E-state index contributed by atoms with van der Waals surface area (Å²) in [6, 6.07) is 16.2. The van der Waals surface area contributed by atoms with Gasteiger partial charge in [0, 0.05) is 43.1 Å². The fourth-order valence-electron chi connectivity index (χ4n) is 3.93. The number of fused-ring (bicyclic) bond motifs is 1. The Kier molecular flexibility index (Phi) is 6.37. The Labute approximate surface area is 188 Å². The van der Waals surface area contributed by atoms with Crippen molar-refractivity contribution in [3.8, 4) is 5.75 Å². The number of carbonyl (C=O) groups is 1. The molecule has 2 N–H and O–H groups in total. The predicted octanol–water partition coefficient (Wildman–Crippen LogP) is 3.52. The van der Waals surface area contributed by atoms with Crippen LogP contribution in [0.25, 0.3) is 0 Å². The van der Waals surface area contributed by atoms with E-state index in [4.69, 9.17) is 16.3 Å². The van der Waals surface area contributed by atoms with Gasteiger partial charge >= 0.3 is 0 Å². The summed E-state index contributed by atoms with van der Waals surface area (Å²) in [6.45, 7) is 1.44. The van der Waals surface area contributed by atoms with Crippen molar-refractivity contribution in [3.63, 3.8) is 0 Å². The monoisotopic (exact) mass is 440 g/mol. The SMILES string of the molecule is CN(C)C(=O)CN=C(NCC1(c2ccccc2Cl)CC1)NC1CCOc2ccccc21. The standard InChI is InChI=1S/C24H29ClN4O2/c1-29(2)22(30)15-26-23(28-20-11-14-31-21-10-6-3-7-17(20)21)27-16-24(12-13-24)18-8-4-5-9-19(18)25/h3-10,20H,11-16H2,1-2H3,(H2,26,27,28). The van der Waals surface area contributed by atoms with Gasteiger partial charge in [0.25, 0.3) is 0 Å². The minimum Gasteiger partial charge on any atom is -0.493 e. The summed E-state index contributed by atoms with van der Waals surface area (Å²) in [7, 11) is 3.48. The number of amides is 1. The van der Waals surface area contributed by atoms with Crippen LogP contribution in [0.15, 0.2) is 53.5 Å². The molecule has 1 aliphatic heterocycles. The molecule has 31 heavy (non-hydrogen) atoms. The molecule has 1 fully saturated rings. The number of likely N-dealkylation sites (N-methyl/N-ethyl adjacent to an activating group) is 1. The van der Waals surface area contributed by atoms with Crippen molar-refractivity contribution in [2.45, 2.75) is 30.7 Å². The number of guanidine groups is 1. The predicted molar refractivity (Wildman–Crippen MR) is 124 cm³/mol. The van der Waals surface area contributed by atoms with Crippen LogP contribution in [-0.2, 0) is 10.2 Å². The molecule has 2 aromatic carbocycles. The smallest absolute Gasteiger partial charge is 0.243 e. The number of carbonyl (C=O) groups excluding carboxylic acids is 1. The lowest BCUT2D eigenvalue weighted by Gasteiger charge is -2.29. The molecule has 0 bridgehead atoms. The average molecular weight is 441 g/mol.